The molecule has 3 aromatic rings. The van der Waals surface area contributed by atoms with E-state index >= 15 is 0 Å². The first kappa shape index (κ1) is 21.2. The fourth-order valence-electron chi connectivity index (χ4n) is 3.08. The van der Waals surface area contributed by atoms with Crippen LogP contribution in [-0.2, 0) is 9.59 Å². The van der Waals surface area contributed by atoms with Crippen molar-refractivity contribution in [2.45, 2.75) is 13.3 Å². The summed E-state index contributed by atoms with van der Waals surface area (Å²) in [6.45, 7) is 2.59. The van der Waals surface area contributed by atoms with Crippen LogP contribution in [-0.4, -0.2) is 41.8 Å². The summed E-state index contributed by atoms with van der Waals surface area (Å²) in [5, 5.41) is 5.76. The predicted molar refractivity (Wildman–Crippen MR) is 120 cm³/mol. The molecular formula is C24H26N4O2. The number of anilines is 2. The zero-order valence-electron chi connectivity index (χ0n) is 17.3. The molecule has 1 heterocycles. The zero-order chi connectivity index (χ0) is 21.3. The van der Waals surface area contributed by atoms with Gasteiger partial charge in [0.1, 0.15) is 5.82 Å². The number of carbonyl (C=O) groups excluding carboxylic acids is 2. The van der Waals surface area contributed by atoms with Gasteiger partial charge in [0.2, 0.25) is 11.8 Å². The Hall–Kier alpha value is -3.51. The number of para-hydroxylation sites is 1. The van der Waals surface area contributed by atoms with Gasteiger partial charge in [-0.25, -0.2) is 4.98 Å². The maximum atomic E-state index is 12.5. The Morgan fingerprint density at radius 1 is 0.933 bits per heavy atom. The van der Waals surface area contributed by atoms with Crippen LogP contribution in [0.25, 0.3) is 11.1 Å². The number of aryl methyl sites for hydroxylation is 1. The zero-order valence-corrected chi connectivity index (χ0v) is 17.3. The van der Waals surface area contributed by atoms with Gasteiger partial charge in [-0.05, 0) is 43.3 Å². The number of likely N-dealkylation sites (N-methyl/N-ethyl adjacent to an activating group) is 1. The lowest BCUT2D eigenvalue weighted by Gasteiger charge is -2.16. The van der Waals surface area contributed by atoms with E-state index in [1.54, 1.807) is 6.20 Å². The smallest absolute Gasteiger partial charge is 0.239 e. The molecule has 0 aliphatic rings. The van der Waals surface area contributed by atoms with Crippen molar-refractivity contribution in [2.24, 2.45) is 0 Å². The maximum absolute atomic E-state index is 12.5. The summed E-state index contributed by atoms with van der Waals surface area (Å²) in [4.78, 5) is 30.6. The minimum atomic E-state index is -0.162. The van der Waals surface area contributed by atoms with Gasteiger partial charge < -0.3 is 10.6 Å². The van der Waals surface area contributed by atoms with Crippen molar-refractivity contribution in [3.63, 3.8) is 0 Å². The quantitative estimate of drug-likeness (QED) is 0.598. The molecule has 0 saturated heterocycles. The highest BCUT2D eigenvalue weighted by atomic mass is 16.2. The topological polar surface area (TPSA) is 74.3 Å². The summed E-state index contributed by atoms with van der Waals surface area (Å²) in [7, 11) is 1.81. The Morgan fingerprint density at radius 2 is 1.67 bits per heavy atom. The van der Waals surface area contributed by atoms with Crippen LogP contribution < -0.4 is 10.6 Å². The molecule has 0 saturated carbocycles. The molecule has 2 amide bonds. The Morgan fingerprint density at radius 3 is 2.43 bits per heavy atom. The Kier molecular flexibility index (Phi) is 7.29. The fourth-order valence-corrected chi connectivity index (χ4v) is 3.08. The summed E-state index contributed by atoms with van der Waals surface area (Å²) in [6, 6.07) is 21.4. The normalized spacial score (nSPS) is 10.6. The van der Waals surface area contributed by atoms with Gasteiger partial charge in [0.25, 0.3) is 0 Å². The van der Waals surface area contributed by atoms with Gasteiger partial charge in [0.05, 0.1) is 6.54 Å². The van der Waals surface area contributed by atoms with Crippen LogP contribution in [0.5, 0.6) is 0 Å². The average molecular weight is 402 g/mol. The second-order valence-electron chi connectivity index (χ2n) is 7.21. The monoisotopic (exact) mass is 402 g/mol. The lowest BCUT2D eigenvalue weighted by atomic mass is 10.0. The highest BCUT2D eigenvalue weighted by Gasteiger charge is 2.12. The van der Waals surface area contributed by atoms with Gasteiger partial charge in [-0.1, -0.05) is 48.5 Å². The number of benzene rings is 2. The van der Waals surface area contributed by atoms with E-state index in [-0.39, 0.29) is 24.8 Å². The molecule has 0 fully saturated rings. The van der Waals surface area contributed by atoms with E-state index in [4.69, 9.17) is 0 Å². The van der Waals surface area contributed by atoms with Gasteiger partial charge in [-0.3, -0.25) is 14.5 Å². The van der Waals surface area contributed by atoms with Crippen LogP contribution in [0.4, 0.5) is 11.5 Å². The van der Waals surface area contributed by atoms with Crippen LogP contribution in [0.3, 0.4) is 0 Å². The van der Waals surface area contributed by atoms with Crippen LogP contribution in [0.1, 0.15) is 12.0 Å². The van der Waals surface area contributed by atoms with Crippen molar-refractivity contribution in [1.82, 2.24) is 9.88 Å². The molecule has 0 radical (unpaired) electrons. The van der Waals surface area contributed by atoms with E-state index in [1.807, 2.05) is 85.6 Å². The first-order valence-electron chi connectivity index (χ1n) is 9.86. The summed E-state index contributed by atoms with van der Waals surface area (Å²) in [5.41, 5.74) is 3.83. The van der Waals surface area contributed by atoms with Crippen molar-refractivity contribution in [2.75, 3.05) is 30.8 Å². The minimum Gasteiger partial charge on any atom is -0.325 e. The highest BCUT2D eigenvalue weighted by molar-refractivity contribution is 5.95. The Bertz CT molecular complexity index is 1000. The van der Waals surface area contributed by atoms with Crippen LogP contribution in [0.15, 0.2) is 72.9 Å². The number of nitrogens with zero attached hydrogens (tertiary/aromatic N) is 2. The minimum absolute atomic E-state index is 0.0917. The summed E-state index contributed by atoms with van der Waals surface area (Å²) < 4.78 is 0. The SMILES string of the molecule is Cc1ccnc(NC(=O)CN(C)CCC(=O)Nc2ccccc2-c2ccccc2)c1. The van der Waals surface area contributed by atoms with Gasteiger partial charge >= 0.3 is 0 Å². The predicted octanol–water partition coefficient (Wildman–Crippen LogP) is 3.96. The standard InChI is InChI=1S/C24H26N4O2/c1-18-12-14-25-22(16-18)27-24(30)17-28(2)15-13-23(29)26-21-11-7-6-10-20(21)19-8-4-3-5-9-19/h3-12,14,16H,13,15,17H2,1-2H3,(H,26,29)(H,25,27,30). The molecule has 0 bridgehead atoms. The average Bonchev–Trinajstić information content (AvgIpc) is 2.73. The van der Waals surface area contributed by atoms with Crippen molar-refractivity contribution in [1.29, 1.82) is 0 Å². The number of hydrogen-bond acceptors (Lipinski definition) is 4. The van der Waals surface area contributed by atoms with E-state index in [0.29, 0.717) is 12.4 Å². The first-order valence-corrected chi connectivity index (χ1v) is 9.86. The van der Waals surface area contributed by atoms with Gasteiger partial charge in [-0.15, -0.1) is 0 Å². The van der Waals surface area contributed by atoms with Crippen LogP contribution in [0, 0.1) is 6.92 Å². The molecule has 0 aliphatic heterocycles. The number of aromatic nitrogens is 1. The van der Waals surface area contributed by atoms with E-state index in [1.165, 1.54) is 0 Å². The summed E-state index contributed by atoms with van der Waals surface area (Å²) in [5.74, 6) is 0.278. The number of hydrogen-bond donors (Lipinski definition) is 2. The van der Waals surface area contributed by atoms with Crippen molar-refractivity contribution in [3.05, 3.63) is 78.5 Å². The van der Waals surface area contributed by atoms with Crippen LogP contribution >= 0.6 is 0 Å². The third kappa shape index (κ3) is 6.25. The second kappa shape index (κ2) is 10.3. The molecule has 6 heteroatoms. The number of amides is 2. The molecule has 0 spiro atoms. The first-order chi connectivity index (χ1) is 14.5. The Balaban J connectivity index is 1.50. The largest absolute Gasteiger partial charge is 0.325 e. The van der Waals surface area contributed by atoms with Gasteiger partial charge in [0, 0.05) is 30.4 Å². The van der Waals surface area contributed by atoms with Gasteiger partial charge in [0.15, 0.2) is 0 Å². The molecule has 154 valence electrons. The number of pyridine rings is 1. The molecule has 0 atom stereocenters. The van der Waals surface area contributed by atoms with Crippen LogP contribution in [0.2, 0.25) is 0 Å². The molecule has 30 heavy (non-hydrogen) atoms. The molecule has 2 N–H and O–H groups in total. The molecule has 0 unspecified atom stereocenters. The number of rotatable bonds is 8. The molecule has 2 aromatic carbocycles. The van der Waals surface area contributed by atoms with E-state index < -0.39 is 0 Å². The highest BCUT2D eigenvalue weighted by Crippen LogP contribution is 2.27. The summed E-state index contributed by atoms with van der Waals surface area (Å²) >= 11 is 0. The van der Waals surface area contributed by atoms with E-state index in [0.717, 1.165) is 22.4 Å². The van der Waals surface area contributed by atoms with E-state index in [2.05, 4.69) is 15.6 Å². The van der Waals surface area contributed by atoms with Gasteiger partial charge in [-0.2, -0.15) is 0 Å². The lowest BCUT2D eigenvalue weighted by molar-refractivity contribution is -0.119. The maximum Gasteiger partial charge on any atom is 0.239 e. The third-order valence-corrected chi connectivity index (χ3v) is 4.60. The molecule has 3 rings (SSSR count). The van der Waals surface area contributed by atoms with Crippen molar-refractivity contribution in [3.8, 4) is 11.1 Å². The van der Waals surface area contributed by atoms with E-state index in [9.17, 15) is 9.59 Å². The number of nitrogens with one attached hydrogen (secondary N) is 2. The Labute approximate surface area is 177 Å². The molecule has 1 aromatic heterocycles. The number of carbonyl (C=O) groups is 2. The van der Waals surface area contributed by atoms with Crippen molar-refractivity contribution < 1.29 is 9.59 Å². The molecular weight excluding hydrogens is 376 g/mol. The fraction of sp³-hybridized carbons (Fsp3) is 0.208. The molecule has 6 nitrogen and oxygen atoms in total. The van der Waals surface area contributed by atoms with Crippen molar-refractivity contribution >= 4 is 23.3 Å². The molecule has 0 aliphatic carbocycles. The second-order valence-corrected chi connectivity index (χ2v) is 7.21. The third-order valence-electron chi connectivity index (χ3n) is 4.60. The summed E-state index contributed by atoms with van der Waals surface area (Å²) in [6.07, 6.45) is 1.95. The lowest BCUT2D eigenvalue weighted by Crippen LogP contribution is -2.32.